The summed E-state index contributed by atoms with van der Waals surface area (Å²) in [5, 5.41) is 0. The van der Waals surface area contributed by atoms with E-state index in [-0.39, 0.29) is 22.8 Å². The molecule has 0 unspecified atom stereocenters. The first kappa shape index (κ1) is 19.6. The van der Waals surface area contributed by atoms with E-state index in [1.54, 1.807) is 36.4 Å². The molecular formula is C21H24N2O5S. The van der Waals surface area contributed by atoms with Crippen molar-refractivity contribution in [2.24, 2.45) is 5.92 Å². The Hall–Kier alpha value is -2.74. The number of benzene rings is 2. The molecule has 0 saturated heterocycles. The van der Waals surface area contributed by atoms with Crippen LogP contribution in [0, 0.1) is 5.92 Å². The minimum absolute atomic E-state index is 0.0331. The van der Waals surface area contributed by atoms with Gasteiger partial charge in [0.05, 0.1) is 24.8 Å². The van der Waals surface area contributed by atoms with Gasteiger partial charge in [-0.3, -0.25) is 9.52 Å². The summed E-state index contributed by atoms with van der Waals surface area (Å²) in [4.78, 5) is 14.6. The van der Waals surface area contributed by atoms with Crippen LogP contribution in [0.25, 0.3) is 0 Å². The molecule has 0 bridgehead atoms. The molecule has 2 aliphatic rings. The number of nitrogens with one attached hydrogen (secondary N) is 1. The molecule has 1 N–H and O–H groups in total. The summed E-state index contributed by atoms with van der Waals surface area (Å²) in [5.41, 5.74) is 2.01. The van der Waals surface area contributed by atoms with Crippen molar-refractivity contribution in [3.8, 4) is 11.5 Å². The highest BCUT2D eigenvalue weighted by Crippen LogP contribution is 2.40. The number of hydrogen-bond donors (Lipinski definition) is 1. The molecule has 2 aromatic carbocycles. The van der Waals surface area contributed by atoms with Crippen LogP contribution in [0.3, 0.4) is 0 Å². The van der Waals surface area contributed by atoms with Crippen molar-refractivity contribution in [3.63, 3.8) is 0 Å². The fraction of sp³-hybridized carbons (Fsp3) is 0.381. The summed E-state index contributed by atoms with van der Waals surface area (Å²) in [5.74, 6) is 1.20. The molecule has 0 radical (unpaired) electrons. The van der Waals surface area contributed by atoms with Gasteiger partial charge in [0.2, 0.25) is 5.91 Å². The topological polar surface area (TPSA) is 84.9 Å². The molecular weight excluding hydrogens is 392 g/mol. The SMILES string of the molecule is COc1ccc(NS(=O)(=O)c2ccc3c(c2)C[C@@H](C)N3C(=O)C2CC2)c(OC)c1. The van der Waals surface area contributed by atoms with Crippen LogP contribution < -0.4 is 19.1 Å². The normalized spacial score (nSPS) is 18.3. The lowest BCUT2D eigenvalue weighted by Gasteiger charge is -2.22. The molecule has 0 spiro atoms. The standard InChI is InChI=1S/C21H24N2O5S/c1-13-10-15-11-17(7-9-19(15)23(13)21(24)14-4-5-14)29(25,26)22-18-8-6-16(27-2)12-20(18)28-3/h6-9,11-14,22H,4-5,10H2,1-3H3/t13-/m1/s1. The Labute approximate surface area is 170 Å². The lowest BCUT2D eigenvalue weighted by atomic mass is 10.1. The fourth-order valence-corrected chi connectivity index (χ4v) is 4.84. The third-order valence-electron chi connectivity index (χ3n) is 5.39. The molecule has 1 heterocycles. The molecule has 1 atom stereocenters. The highest BCUT2D eigenvalue weighted by atomic mass is 32.2. The van der Waals surface area contributed by atoms with Crippen molar-refractivity contribution in [3.05, 3.63) is 42.0 Å². The van der Waals surface area contributed by atoms with Crippen molar-refractivity contribution >= 4 is 27.3 Å². The number of rotatable bonds is 6. The predicted octanol–water partition coefficient (Wildman–Crippen LogP) is 3.19. The Bertz CT molecular complexity index is 1060. The second kappa shape index (κ2) is 7.26. The monoisotopic (exact) mass is 416 g/mol. The molecule has 1 fully saturated rings. The van der Waals surface area contributed by atoms with E-state index in [2.05, 4.69) is 4.72 Å². The van der Waals surface area contributed by atoms with Gasteiger partial charge in [-0.2, -0.15) is 0 Å². The van der Waals surface area contributed by atoms with Crippen LogP contribution in [-0.4, -0.2) is 34.6 Å². The first-order chi connectivity index (χ1) is 13.8. The summed E-state index contributed by atoms with van der Waals surface area (Å²) in [6.45, 7) is 1.99. The molecule has 1 aliphatic carbocycles. The zero-order valence-corrected chi connectivity index (χ0v) is 17.5. The first-order valence-corrected chi connectivity index (χ1v) is 11.0. The van der Waals surface area contributed by atoms with E-state index < -0.39 is 10.0 Å². The molecule has 29 heavy (non-hydrogen) atoms. The van der Waals surface area contributed by atoms with E-state index in [1.807, 2.05) is 11.8 Å². The number of amides is 1. The van der Waals surface area contributed by atoms with E-state index >= 15 is 0 Å². The highest BCUT2D eigenvalue weighted by Gasteiger charge is 2.39. The van der Waals surface area contributed by atoms with Gasteiger partial charge in [0, 0.05) is 23.7 Å². The smallest absolute Gasteiger partial charge is 0.262 e. The minimum atomic E-state index is -3.82. The zero-order chi connectivity index (χ0) is 20.8. The predicted molar refractivity (Wildman–Crippen MR) is 110 cm³/mol. The van der Waals surface area contributed by atoms with Gasteiger partial charge in [-0.1, -0.05) is 0 Å². The lowest BCUT2D eigenvalue weighted by molar-refractivity contribution is -0.120. The van der Waals surface area contributed by atoms with Crippen molar-refractivity contribution in [1.29, 1.82) is 0 Å². The van der Waals surface area contributed by atoms with Crippen LogP contribution in [0.5, 0.6) is 11.5 Å². The van der Waals surface area contributed by atoms with Gasteiger partial charge in [0.25, 0.3) is 10.0 Å². The maximum atomic E-state index is 13.0. The van der Waals surface area contributed by atoms with Crippen molar-refractivity contribution in [2.75, 3.05) is 23.8 Å². The molecule has 1 amide bonds. The largest absolute Gasteiger partial charge is 0.497 e. The van der Waals surface area contributed by atoms with E-state index in [0.29, 0.717) is 23.6 Å². The van der Waals surface area contributed by atoms with E-state index in [0.717, 1.165) is 24.1 Å². The summed E-state index contributed by atoms with van der Waals surface area (Å²) < 4.78 is 38.9. The molecule has 1 saturated carbocycles. The minimum Gasteiger partial charge on any atom is -0.497 e. The number of anilines is 2. The first-order valence-electron chi connectivity index (χ1n) is 9.55. The maximum Gasteiger partial charge on any atom is 0.262 e. The number of nitrogens with zero attached hydrogens (tertiary/aromatic N) is 1. The van der Waals surface area contributed by atoms with Crippen molar-refractivity contribution in [1.82, 2.24) is 0 Å². The Balaban J connectivity index is 1.62. The number of carbonyl (C=O) groups is 1. The second-order valence-corrected chi connectivity index (χ2v) is 9.18. The van der Waals surface area contributed by atoms with Crippen molar-refractivity contribution < 1.29 is 22.7 Å². The third-order valence-corrected chi connectivity index (χ3v) is 6.76. The quantitative estimate of drug-likeness (QED) is 0.782. The van der Waals surface area contributed by atoms with Gasteiger partial charge < -0.3 is 14.4 Å². The third kappa shape index (κ3) is 3.64. The Kier molecular flexibility index (Phi) is 4.90. The maximum absolute atomic E-state index is 13.0. The molecule has 7 nitrogen and oxygen atoms in total. The molecule has 2 aromatic rings. The zero-order valence-electron chi connectivity index (χ0n) is 16.6. The Morgan fingerprint density at radius 1 is 1.10 bits per heavy atom. The second-order valence-electron chi connectivity index (χ2n) is 7.50. The molecule has 154 valence electrons. The summed E-state index contributed by atoms with van der Waals surface area (Å²) >= 11 is 0. The summed E-state index contributed by atoms with van der Waals surface area (Å²) in [6.07, 6.45) is 2.53. The van der Waals surface area contributed by atoms with E-state index in [9.17, 15) is 13.2 Å². The van der Waals surface area contributed by atoms with E-state index in [1.165, 1.54) is 14.2 Å². The van der Waals surface area contributed by atoms with Gasteiger partial charge in [-0.25, -0.2) is 8.42 Å². The average molecular weight is 416 g/mol. The van der Waals surface area contributed by atoms with Gasteiger partial charge in [-0.05, 0) is 62.1 Å². The number of methoxy groups -OCH3 is 2. The van der Waals surface area contributed by atoms with Crippen LogP contribution >= 0.6 is 0 Å². The summed E-state index contributed by atoms with van der Waals surface area (Å²) in [7, 11) is -0.824. The number of ether oxygens (including phenoxy) is 2. The highest BCUT2D eigenvalue weighted by molar-refractivity contribution is 7.92. The fourth-order valence-electron chi connectivity index (χ4n) is 3.72. The molecule has 8 heteroatoms. The molecule has 4 rings (SSSR count). The van der Waals surface area contributed by atoms with E-state index in [4.69, 9.17) is 9.47 Å². The molecule has 1 aliphatic heterocycles. The van der Waals surface area contributed by atoms with Crippen LogP contribution in [0.2, 0.25) is 0 Å². The van der Waals surface area contributed by atoms with Gasteiger partial charge in [0.15, 0.2) is 0 Å². The van der Waals surface area contributed by atoms with Crippen LogP contribution in [0.15, 0.2) is 41.3 Å². The lowest BCUT2D eigenvalue weighted by Crippen LogP contribution is -2.36. The number of sulfonamides is 1. The number of fused-ring (bicyclic) bond motifs is 1. The van der Waals surface area contributed by atoms with Gasteiger partial charge in [-0.15, -0.1) is 0 Å². The van der Waals surface area contributed by atoms with Gasteiger partial charge >= 0.3 is 0 Å². The Morgan fingerprint density at radius 3 is 2.52 bits per heavy atom. The Morgan fingerprint density at radius 2 is 1.86 bits per heavy atom. The number of hydrogen-bond acceptors (Lipinski definition) is 5. The van der Waals surface area contributed by atoms with Crippen LogP contribution in [0.1, 0.15) is 25.3 Å². The average Bonchev–Trinajstić information content (AvgIpc) is 3.49. The molecule has 0 aromatic heterocycles. The van der Waals surface area contributed by atoms with Crippen LogP contribution in [0.4, 0.5) is 11.4 Å². The van der Waals surface area contributed by atoms with Gasteiger partial charge in [0.1, 0.15) is 11.5 Å². The van der Waals surface area contributed by atoms with Crippen molar-refractivity contribution in [2.45, 2.75) is 37.1 Å². The van der Waals surface area contributed by atoms with Crippen LogP contribution in [-0.2, 0) is 21.2 Å². The number of carbonyl (C=O) groups excluding carboxylic acids is 1. The summed E-state index contributed by atoms with van der Waals surface area (Å²) in [6, 6.07) is 9.84.